The molecule has 4 aromatic rings. The Balaban J connectivity index is 0.00000158. The van der Waals surface area contributed by atoms with Crippen LogP contribution in [-0.4, -0.2) is 22.9 Å². The summed E-state index contributed by atoms with van der Waals surface area (Å²) >= 11 is 6.38. The average Bonchev–Trinajstić information content (AvgIpc) is 2.85. The van der Waals surface area contributed by atoms with E-state index in [1.54, 1.807) is 48.5 Å². The summed E-state index contributed by atoms with van der Waals surface area (Å²) in [6.45, 7) is 3.65. The zero-order valence-corrected chi connectivity index (χ0v) is 19.1. The van der Waals surface area contributed by atoms with Gasteiger partial charge < -0.3 is 21.1 Å². The minimum Gasteiger partial charge on any atom is -0.487 e. The van der Waals surface area contributed by atoms with Gasteiger partial charge in [-0.05, 0) is 67.2 Å². The number of nitrogens with one attached hydrogen (secondary N) is 2. The third-order valence-electron chi connectivity index (χ3n) is 4.57. The molecular formula is C25H23ClFN5O2. The lowest BCUT2D eigenvalue weighted by Gasteiger charge is -2.12. The van der Waals surface area contributed by atoms with E-state index in [2.05, 4.69) is 32.9 Å². The number of benzene rings is 3. The van der Waals surface area contributed by atoms with Crippen molar-refractivity contribution >= 4 is 45.6 Å². The van der Waals surface area contributed by atoms with Crippen LogP contribution < -0.4 is 21.1 Å². The number of amides is 1. The summed E-state index contributed by atoms with van der Waals surface area (Å²) in [4.78, 5) is 20.2. The van der Waals surface area contributed by atoms with Crippen molar-refractivity contribution in [1.29, 1.82) is 0 Å². The van der Waals surface area contributed by atoms with E-state index >= 15 is 0 Å². The van der Waals surface area contributed by atoms with Crippen molar-refractivity contribution in [2.45, 2.75) is 6.61 Å². The van der Waals surface area contributed by atoms with Crippen LogP contribution in [0, 0.1) is 5.82 Å². The largest absolute Gasteiger partial charge is 0.487 e. The van der Waals surface area contributed by atoms with Crippen LogP contribution in [0.5, 0.6) is 5.75 Å². The monoisotopic (exact) mass is 479 g/mol. The molecule has 1 amide bonds. The molecule has 0 atom stereocenters. The van der Waals surface area contributed by atoms with E-state index in [1.807, 2.05) is 0 Å². The molecular weight excluding hydrogens is 457 g/mol. The molecule has 174 valence electrons. The van der Waals surface area contributed by atoms with Crippen LogP contribution in [-0.2, 0) is 11.4 Å². The fraction of sp³-hybridized carbons (Fsp3) is 0.0800. The number of hydrogen-bond acceptors (Lipinski definition) is 6. The highest BCUT2D eigenvalue weighted by Crippen LogP contribution is 2.31. The third kappa shape index (κ3) is 6.28. The molecule has 0 aliphatic rings. The second kappa shape index (κ2) is 11.7. The van der Waals surface area contributed by atoms with Crippen LogP contribution in [0.15, 0.2) is 79.6 Å². The summed E-state index contributed by atoms with van der Waals surface area (Å²) in [5.74, 6) is 0.398. The number of rotatable bonds is 7. The highest BCUT2D eigenvalue weighted by Gasteiger charge is 2.09. The van der Waals surface area contributed by atoms with E-state index in [-0.39, 0.29) is 18.3 Å². The Hall–Kier alpha value is -4.01. The van der Waals surface area contributed by atoms with E-state index < -0.39 is 0 Å². The van der Waals surface area contributed by atoms with Gasteiger partial charge in [-0.2, -0.15) is 0 Å². The summed E-state index contributed by atoms with van der Waals surface area (Å²) in [7, 11) is 1.50. The Morgan fingerprint density at radius 1 is 1.12 bits per heavy atom. The maximum absolute atomic E-state index is 13.3. The molecule has 0 saturated heterocycles. The molecule has 1 heterocycles. The fourth-order valence-corrected chi connectivity index (χ4v) is 3.28. The predicted octanol–water partition coefficient (Wildman–Crippen LogP) is 5.44. The van der Waals surface area contributed by atoms with Gasteiger partial charge in [-0.3, -0.25) is 4.79 Å². The van der Waals surface area contributed by atoms with E-state index in [9.17, 15) is 9.18 Å². The molecule has 0 bridgehead atoms. The Morgan fingerprint density at radius 2 is 1.91 bits per heavy atom. The maximum atomic E-state index is 13.3. The Morgan fingerprint density at radius 3 is 2.65 bits per heavy atom. The van der Waals surface area contributed by atoms with Gasteiger partial charge in [-0.15, -0.1) is 0 Å². The molecule has 9 heteroatoms. The SMILES string of the molecule is C=CC(=O)Nc1ccc2ncnc(Nc3ccc(OCc4cccc(F)c4)c(Cl)c3)c2c1.CN. The minimum atomic E-state index is -0.318. The molecule has 7 nitrogen and oxygen atoms in total. The third-order valence-corrected chi connectivity index (χ3v) is 4.86. The summed E-state index contributed by atoms with van der Waals surface area (Å²) < 4.78 is 19.0. The Labute approximate surface area is 201 Å². The topological polar surface area (TPSA) is 102 Å². The smallest absolute Gasteiger partial charge is 0.247 e. The molecule has 1 aromatic heterocycles. The second-order valence-corrected chi connectivity index (χ2v) is 7.24. The summed E-state index contributed by atoms with van der Waals surface area (Å²) in [5, 5.41) is 7.05. The van der Waals surface area contributed by atoms with Gasteiger partial charge >= 0.3 is 0 Å². The lowest BCUT2D eigenvalue weighted by molar-refractivity contribution is -0.111. The van der Waals surface area contributed by atoms with E-state index in [0.717, 1.165) is 5.39 Å². The van der Waals surface area contributed by atoms with Gasteiger partial charge in [-0.1, -0.05) is 30.3 Å². The molecule has 0 spiro atoms. The molecule has 34 heavy (non-hydrogen) atoms. The van der Waals surface area contributed by atoms with Crippen LogP contribution >= 0.6 is 11.6 Å². The first-order valence-electron chi connectivity index (χ1n) is 10.2. The highest BCUT2D eigenvalue weighted by molar-refractivity contribution is 6.32. The van der Waals surface area contributed by atoms with E-state index in [0.29, 0.717) is 39.0 Å². The standard InChI is InChI=1S/C24H18ClFN4O2.CH5N/c1-2-23(31)29-17-6-8-21-19(11-17)24(28-14-27-21)30-18-7-9-22(20(25)12-18)32-13-15-4-3-5-16(26)10-15;1-2/h2-12,14H,1,13H2,(H,29,31)(H,27,28,30);2H2,1H3. The second-order valence-electron chi connectivity index (χ2n) is 6.84. The van der Waals surface area contributed by atoms with Crippen LogP contribution in [0.2, 0.25) is 5.02 Å². The van der Waals surface area contributed by atoms with Crippen molar-refractivity contribution in [3.63, 3.8) is 0 Å². The Bertz CT molecular complexity index is 1320. The Kier molecular flexibility index (Phi) is 8.50. The van der Waals surface area contributed by atoms with Crippen molar-refractivity contribution in [2.75, 3.05) is 17.7 Å². The number of nitrogens with two attached hydrogens (primary N) is 1. The van der Waals surface area contributed by atoms with Crippen molar-refractivity contribution in [1.82, 2.24) is 9.97 Å². The van der Waals surface area contributed by atoms with E-state index in [1.165, 1.54) is 31.6 Å². The lowest BCUT2D eigenvalue weighted by Crippen LogP contribution is -2.07. The first-order valence-corrected chi connectivity index (χ1v) is 10.6. The van der Waals surface area contributed by atoms with Gasteiger partial charge in [0, 0.05) is 16.8 Å². The molecule has 0 fully saturated rings. The quantitative estimate of drug-likeness (QED) is 0.305. The van der Waals surface area contributed by atoms with Gasteiger partial charge in [0.1, 0.15) is 30.3 Å². The number of ether oxygens (including phenoxy) is 1. The molecule has 0 radical (unpaired) electrons. The first kappa shape index (κ1) is 24.6. The van der Waals surface area contributed by atoms with Gasteiger partial charge in [0.25, 0.3) is 0 Å². The van der Waals surface area contributed by atoms with Crippen molar-refractivity contribution < 1.29 is 13.9 Å². The van der Waals surface area contributed by atoms with Crippen molar-refractivity contribution in [2.24, 2.45) is 5.73 Å². The number of carbonyl (C=O) groups is 1. The molecule has 0 aliphatic carbocycles. The van der Waals surface area contributed by atoms with Crippen LogP contribution in [0.4, 0.5) is 21.6 Å². The zero-order valence-electron chi connectivity index (χ0n) is 18.4. The normalized spacial score (nSPS) is 10.1. The van der Waals surface area contributed by atoms with Crippen LogP contribution in [0.3, 0.4) is 0 Å². The number of hydrogen-bond donors (Lipinski definition) is 3. The highest BCUT2D eigenvalue weighted by atomic mass is 35.5. The first-order chi connectivity index (χ1) is 16.5. The zero-order chi connectivity index (χ0) is 24.5. The summed E-state index contributed by atoms with van der Waals surface area (Å²) in [6, 6.07) is 16.7. The molecule has 4 rings (SSSR count). The van der Waals surface area contributed by atoms with E-state index in [4.69, 9.17) is 16.3 Å². The number of halogens is 2. The predicted molar refractivity (Wildman–Crippen MR) is 134 cm³/mol. The number of fused-ring (bicyclic) bond motifs is 1. The maximum Gasteiger partial charge on any atom is 0.247 e. The number of nitrogens with zero attached hydrogens (tertiary/aromatic N) is 2. The summed E-state index contributed by atoms with van der Waals surface area (Å²) in [5.41, 5.74) is 7.20. The number of anilines is 3. The molecule has 0 unspecified atom stereocenters. The van der Waals surface area contributed by atoms with Gasteiger partial charge in [0.2, 0.25) is 5.91 Å². The van der Waals surface area contributed by atoms with Crippen molar-refractivity contribution in [3.8, 4) is 5.75 Å². The molecule has 3 aromatic carbocycles. The molecule has 0 saturated carbocycles. The number of carbonyl (C=O) groups excluding carboxylic acids is 1. The summed E-state index contributed by atoms with van der Waals surface area (Å²) in [6.07, 6.45) is 2.65. The van der Waals surface area contributed by atoms with Gasteiger partial charge in [0.05, 0.1) is 10.5 Å². The molecule has 0 aliphatic heterocycles. The van der Waals surface area contributed by atoms with Crippen LogP contribution in [0.1, 0.15) is 5.56 Å². The average molecular weight is 480 g/mol. The number of aromatic nitrogens is 2. The van der Waals surface area contributed by atoms with Crippen molar-refractivity contribution in [3.05, 3.63) is 96.0 Å². The van der Waals surface area contributed by atoms with Crippen LogP contribution in [0.25, 0.3) is 10.9 Å². The minimum absolute atomic E-state index is 0.194. The molecule has 4 N–H and O–H groups in total. The van der Waals surface area contributed by atoms with Gasteiger partial charge in [-0.25, -0.2) is 14.4 Å². The van der Waals surface area contributed by atoms with Gasteiger partial charge in [0.15, 0.2) is 0 Å². The fourth-order valence-electron chi connectivity index (χ4n) is 3.05. The lowest BCUT2D eigenvalue weighted by atomic mass is 10.2.